The Morgan fingerprint density at radius 2 is 1.12 bits per heavy atom. The summed E-state index contributed by atoms with van der Waals surface area (Å²) in [5.74, 6) is 0. The molecule has 0 bridgehead atoms. The molecule has 0 unspecified atom stereocenters. The lowest BCUT2D eigenvalue weighted by Crippen LogP contribution is -2.23. The van der Waals surface area contributed by atoms with E-state index < -0.39 is 5.31 Å². The average Bonchev–Trinajstić information content (AvgIpc) is 2.30. The highest BCUT2D eigenvalue weighted by Gasteiger charge is 2.38. The maximum Gasteiger partial charge on any atom is 0.328 e. The van der Waals surface area contributed by atoms with E-state index in [1.807, 2.05) is 36.4 Å². The molecule has 0 nitrogen and oxygen atoms in total. The van der Waals surface area contributed by atoms with Crippen LogP contribution in [0.2, 0.25) is 0 Å². The van der Waals surface area contributed by atoms with Gasteiger partial charge in [-0.15, -0.1) is 22.2 Å². The molecule has 0 fully saturated rings. The van der Waals surface area contributed by atoms with E-state index in [0.29, 0.717) is 0 Å². The third kappa shape index (κ3) is 3.35. The summed E-state index contributed by atoms with van der Waals surface area (Å²) >= 11 is 16.3. The maximum atomic E-state index is 6.39. The van der Waals surface area contributed by atoms with Gasteiger partial charge in [0.2, 0.25) is 0 Å². The molecule has 0 radical (unpaired) electrons. The zero-order chi connectivity index (χ0) is 12.3. The first-order valence-electron chi connectivity index (χ1n) is 5.25. The topological polar surface area (TPSA) is 0 Å². The monoisotopic (exact) mass is 344 g/mol. The normalized spacial score (nSPS) is 11.8. The molecule has 0 aromatic heterocycles. The van der Waals surface area contributed by atoms with Crippen LogP contribution in [0.1, 0.15) is 16.7 Å². The van der Waals surface area contributed by atoms with Gasteiger partial charge < -0.3 is 0 Å². The van der Waals surface area contributed by atoms with E-state index in [1.54, 1.807) is 0 Å². The van der Waals surface area contributed by atoms with E-state index in [-0.39, 0.29) is 5.54 Å². The molecule has 2 aromatic carbocycles. The summed E-state index contributed by atoms with van der Waals surface area (Å²) in [4.78, 5) is 0. The molecule has 0 N–H and O–H groups in total. The third-order valence-corrected chi connectivity index (χ3v) is 6.60. The molecule has 0 amide bonds. The van der Waals surface area contributed by atoms with Gasteiger partial charge in [0.25, 0.3) is 0 Å². The van der Waals surface area contributed by atoms with E-state index in [0.717, 1.165) is 11.1 Å². The van der Waals surface area contributed by atoms with Crippen molar-refractivity contribution in [1.29, 1.82) is 0 Å². The van der Waals surface area contributed by atoms with Gasteiger partial charge in [0, 0.05) is 5.54 Å². The Morgan fingerprint density at radius 3 is 1.41 bits per heavy atom. The van der Waals surface area contributed by atoms with Gasteiger partial charge in [-0.3, -0.25) is 0 Å². The fraction of sp³-hybridized carbons (Fsp3) is 0.0769. The molecule has 0 spiro atoms. The van der Waals surface area contributed by atoms with Gasteiger partial charge in [0.05, 0.1) is 0 Å². The van der Waals surface area contributed by atoms with Crippen molar-refractivity contribution in [3.63, 3.8) is 0 Å². The van der Waals surface area contributed by atoms with Gasteiger partial charge >= 0.3 is 5.31 Å². The Balaban J connectivity index is 2.48. The van der Waals surface area contributed by atoms with E-state index >= 15 is 0 Å². The Bertz CT molecular complexity index is 428. The molecule has 17 heavy (non-hydrogen) atoms. The Kier molecular flexibility index (Phi) is 4.31. The number of halogens is 3. The molecule has 2 aromatic rings. The highest BCUT2D eigenvalue weighted by atomic mass is 79.9. The summed E-state index contributed by atoms with van der Waals surface area (Å²) in [5.41, 5.74) is 2.33. The zero-order valence-corrected chi connectivity index (χ0v) is 13.1. The van der Waals surface area contributed by atoms with E-state index in [2.05, 4.69) is 39.6 Å². The van der Waals surface area contributed by atoms with Crippen LogP contribution >= 0.6 is 37.5 Å². The van der Waals surface area contributed by atoms with Crippen LogP contribution in [0.25, 0.3) is 0 Å². The minimum absolute atomic E-state index is 0.0354. The van der Waals surface area contributed by atoms with Crippen molar-refractivity contribution in [1.82, 2.24) is 0 Å². The number of rotatable bonds is 3. The Labute approximate surface area is 120 Å². The first-order valence-corrected chi connectivity index (χ1v) is 11.6. The molecule has 0 aliphatic heterocycles. The molecule has 0 saturated carbocycles. The van der Waals surface area contributed by atoms with Crippen molar-refractivity contribution >= 4 is 42.8 Å². The number of benzene rings is 2. The van der Waals surface area contributed by atoms with Crippen LogP contribution < -0.4 is 0 Å². The number of hydrogen-bond acceptors (Lipinski definition) is 0. The lowest BCUT2D eigenvalue weighted by molar-refractivity contribution is 1.13. The summed E-state index contributed by atoms with van der Waals surface area (Å²) < 4.78 is 0. The zero-order valence-electron chi connectivity index (χ0n) is 8.98. The van der Waals surface area contributed by atoms with Gasteiger partial charge in [0.15, 0.2) is 0 Å². The average molecular weight is 346 g/mol. The largest absolute Gasteiger partial charge is 0.328 e. The highest BCUT2D eigenvalue weighted by Crippen LogP contribution is 2.42. The smallest absolute Gasteiger partial charge is 0.130 e. The van der Waals surface area contributed by atoms with Crippen molar-refractivity contribution in [3.05, 3.63) is 71.8 Å². The van der Waals surface area contributed by atoms with Gasteiger partial charge in [-0.2, -0.15) is 0 Å². The minimum Gasteiger partial charge on any atom is -0.130 e. The molecule has 0 atom stereocenters. The second-order valence-corrected chi connectivity index (χ2v) is 16.1. The molecular weight excluding hydrogens is 335 g/mol. The molecule has 4 heteroatoms. The standard InChI is InChI=1S/C13H11BrCl2Si/c14-17(15,16)13(11-7-3-1-4-8-11)12-9-5-2-6-10-12/h1-10,13H. The van der Waals surface area contributed by atoms with E-state index in [1.165, 1.54) is 0 Å². The molecule has 0 aliphatic carbocycles. The van der Waals surface area contributed by atoms with Crippen LogP contribution in [-0.2, 0) is 0 Å². The number of hydrogen-bond donors (Lipinski definition) is 0. The Hall–Kier alpha value is -0.283. The van der Waals surface area contributed by atoms with Gasteiger partial charge in [0.1, 0.15) is 0 Å². The van der Waals surface area contributed by atoms with Crippen LogP contribution in [0.3, 0.4) is 0 Å². The van der Waals surface area contributed by atoms with Crippen molar-refractivity contribution in [2.45, 2.75) is 5.54 Å². The van der Waals surface area contributed by atoms with Crippen molar-refractivity contribution in [2.24, 2.45) is 0 Å². The van der Waals surface area contributed by atoms with E-state index in [4.69, 9.17) is 22.2 Å². The molecule has 88 valence electrons. The molecular formula is C13H11BrCl2Si. The fourth-order valence-corrected chi connectivity index (χ4v) is 6.10. The van der Waals surface area contributed by atoms with Gasteiger partial charge in [-0.05, 0) is 11.1 Å². The van der Waals surface area contributed by atoms with Crippen LogP contribution in [0.5, 0.6) is 0 Å². The predicted molar refractivity (Wildman–Crippen MR) is 81.1 cm³/mol. The van der Waals surface area contributed by atoms with Crippen molar-refractivity contribution in [2.75, 3.05) is 0 Å². The molecule has 0 heterocycles. The summed E-state index contributed by atoms with van der Waals surface area (Å²) in [5, 5.41) is -2.51. The lowest BCUT2D eigenvalue weighted by Gasteiger charge is -2.23. The van der Waals surface area contributed by atoms with Crippen LogP contribution in [0, 0.1) is 0 Å². The maximum absolute atomic E-state index is 6.39. The first-order chi connectivity index (χ1) is 8.09. The second-order valence-electron chi connectivity index (χ2n) is 3.80. The highest BCUT2D eigenvalue weighted by molar-refractivity contribution is 9.29. The van der Waals surface area contributed by atoms with Crippen LogP contribution in [0.15, 0.2) is 60.7 Å². The first kappa shape index (κ1) is 13.2. The van der Waals surface area contributed by atoms with Gasteiger partial charge in [-0.1, -0.05) is 76.0 Å². The van der Waals surface area contributed by atoms with Crippen LogP contribution in [-0.4, -0.2) is 5.31 Å². The summed E-state index contributed by atoms with van der Waals surface area (Å²) in [7, 11) is 0. The summed E-state index contributed by atoms with van der Waals surface area (Å²) in [6.07, 6.45) is 0. The van der Waals surface area contributed by atoms with E-state index in [9.17, 15) is 0 Å². The third-order valence-electron chi connectivity index (χ3n) is 2.59. The SMILES string of the molecule is Cl[Si](Cl)(Br)C(c1ccccc1)c1ccccc1. The minimum atomic E-state index is -2.51. The molecule has 2 rings (SSSR count). The summed E-state index contributed by atoms with van der Waals surface area (Å²) in [6.45, 7) is 0. The Morgan fingerprint density at radius 1 is 0.765 bits per heavy atom. The quantitative estimate of drug-likeness (QED) is 0.531. The molecule has 0 saturated heterocycles. The summed E-state index contributed by atoms with van der Waals surface area (Å²) in [6, 6.07) is 20.3. The van der Waals surface area contributed by atoms with Crippen LogP contribution in [0.4, 0.5) is 0 Å². The fourth-order valence-electron chi connectivity index (χ4n) is 1.86. The van der Waals surface area contributed by atoms with Crippen molar-refractivity contribution in [3.8, 4) is 0 Å². The molecule has 0 aliphatic rings. The lowest BCUT2D eigenvalue weighted by atomic mass is 10.0. The van der Waals surface area contributed by atoms with Crippen molar-refractivity contribution < 1.29 is 0 Å². The predicted octanol–water partition coefficient (Wildman–Crippen LogP) is 5.17. The second kappa shape index (κ2) is 5.57. The van der Waals surface area contributed by atoms with Gasteiger partial charge in [-0.25, -0.2) is 0 Å².